The van der Waals surface area contributed by atoms with E-state index in [0.29, 0.717) is 10.9 Å². The minimum atomic E-state index is -2.38. The Bertz CT molecular complexity index is 612. The molecule has 128 valence electrons. The standard InChI is InChI=1S/C16H24NO5P/c1-16(2,3)22-15(20)17-10-13(14(18)19)11-6-8-12(9-7-11)23(4,5)21/h6-9,13H,10H2,1-5H3,(H,17,20)(H,18,19). The highest BCUT2D eigenvalue weighted by Crippen LogP contribution is 2.34. The van der Waals surface area contributed by atoms with E-state index in [1.54, 1.807) is 58.4 Å². The molecule has 0 fully saturated rings. The Balaban J connectivity index is 2.82. The van der Waals surface area contributed by atoms with Crippen LogP contribution in [0.15, 0.2) is 24.3 Å². The molecule has 2 N–H and O–H groups in total. The van der Waals surface area contributed by atoms with Gasteiger partial charge in [0, 0.05) is 11.8 Å². The lowest BCUT2D eigenvalue weighted by molar-refractivity contribution is -0.138. The summed E-state index contributed by atoms with van der Waals surface area (Å²) in [5.74, 6) is -1.95. The van der Waals surface area contributed by atoms with Gasteiger partial charge in [-0.25, -0.2) is 4.79 Å². The molecule has 0 heterocycles. The molecular formula is C16H24NO5P. The van der Waals surface area contributed by atoms with Crippen LogP contribution in [0.5, 0.6) is 0 Å². The molecule has 6 nitrogen and oxygen atoms in total. The second-order valence-corrected chi connectivity index (χ2v) is 9.93. The minimum Gasteiger partial charge on any atom is -0.481 e. The van der Waals surface area contributed by atoms with Crippen LogP contribution in [0.3, 0.4) is 0 Å². The van der Waals surface area contributed by atoms with Gasteiger partial charge in [-0.3, -0.25) is 4.79 Å². The van der Waals surface area contributed by atoms with E-state index in [1.807, 2.05) is 0 Å². The number of amides is 1. The van der Waals surface area contributed by atoms with Crippen molar-refractivity contribution in [2.75, 3.05) is 19.9 Å². The zero-order chi connectivity index (χ0) is 17.8. The fraction of sp³-hybridized carbons (Fsp3) is 0.500. The SMILES string of the molecule is CC(C)(C)OC(=O)NCC(C(=O)O)c1ccc(P(C)(C)=O)cc1. The molecule has 1 unspecified atom stereocenters. The van der Waals surface area contributed by atoms with Crippen LogP contribution in [0.1, 0.15) is 32.3 Å². The first kappa shape index (κ1) is 19.2. The summed E-state index contributed by atoms with van der Waals surface area (Å²) < 4.78 is 17.1. The number of rotatable bonds is 5. The predicted molar refractivity (Wildman–Crippen MR) is 90.1 cm³/mol. The summed E-state index contributed by atoms with van der Waals surface area (Å²) in [6, 6.07) is 6.59. The zero-order valence-electron chi connectivity index (χ0n) is 14.1. The monoisotopic (exact) mass is 341 g/mol. The van der Waals surface area contributed by atoms with Crippen LogP contribution in [0, 0.1) is 0 Å². The topological polar surface area (TPSA) is 92.7 Å². The maximum atomic E-state index is 12.0. The molecule has 0 aromatic heterocycles. The van der Waals surface area contributed by atoms with Crippen molar-refractivity contribution in [1.82, 2.24) is 5.32 Å². The zero-order valence-corrected chi connectivity index (χ0v) is 15.0. The maximum absolute atomic E-state index is 12.0. The van der Waals surface area contributed by atoms with E-state index in [-0.39, 0.29) is 6.54 Å². The van der Waals surface area contributed by atoms with Crippen LogP contribution in [-0.4, -0.2) is 42.6 Å². The van der Waals surface area contributed by atoms with E-state index in [2.05, 4.69) is 5.32 Å². The molecule has 0 saturated heterocycles. The Hall–Kier alpha value is -1.81. The number of alkyl carbamates (subject to hydrolysis) is 1. The molecule has 1 aromatic rings. The number of carboxylic acid groups (broad SMARTS) is 1. The summed E-state index contributed by atoms with van der Waals surface area (Å²) >= 11 is 0. The van der Waals surface area contributed by atoms with E-state index in [1.165, 1.54) is 0 Å². The molecule has 1 amide bonds. The Morgan fingerprint density at radius 2 is 1.74 bits per heavy atom. The molecule has 1 rings (SSSR count). The molecule has 0 aliphatic heterocycles. The van der Waals surface area contributed by atoms with Gasteiger partial charge in [0.15, 0.2) is 0 Å². The number of hydrogen-bond donors (Lipinski definition) is 2. The van der Waals surface area contributed by atoms with Crippen molar-refractivity contribution in [3.8, 4) is 0 Å². The van der Waals surface area contributed by atoms with E-state index >= 15 is 0 Å². The van der Waals surface area contributed by atoms with Crippen LogP contribution in [0.25, 0.3) is 0 Å². The molecule has 0 aliphatic rings. The number of ether oxygens (including phenoxy) is 1. The average molecular weight is 341 g/mol. The summed E-state index contributed by atoms with van der Waals surface area (Å²) in [6.07, 6.45) is -0.660. The molecule has 1 aromatic carbocycles. The first-order chi connectivity index (χ1) is 10.4. The van der Waals surface area contributed by atoms with Gasteiger partial charge in [0.25, 0.3) is 0 Å². The summed E-state index contributed by atoms with van der Waals surface area (Å²) in [5.41, 5.74) is -0.112. The Kier molecular flexibility index (Phi) is 6.00. The van der Waals surface area contributed by atoms with Gasteiger partial charge in [-0.1, -0.05) is 24.3 Å². The molecule has 1 atom stereocenters. The van der Waals surface area contributed by atoms with E-state index in [0.717, 1.165) is 0 Å². The molecule has 0 radical (unpaired) electrons. The molecule has 0 spiro atoms. The number of aliphatic carboxylic acids is 1. The summed E-state index contributed by atoms with van der Waals surface area (Å²) in [4.78, 5) is 23.1. The lowest BCUT2D eigenvalue weighted by Gasteiger charge is -2.21. The number of carbonyl (C=O) groups excluding carboxylic acids is 1. The van der Waals surface area contributed by atoms with Crippen LogP contribution < -0.4 is 10.6 Å². The number of benzene rings is 1. The van der Waals surface area contributed by atoms with E-state index < -0.39 is 30.7 Å². The number of carboxylic acids is 1. The highest BCUT2D eigenvalue weighted by atomic mass is 31.2. The summed E-state index contributed by atoms with van der Waals surface area (Å²) in [5, 5.41) is 12.5. The summed E-state index contributed by atoms with van der Waals surface area (Å²) in [6.45, 7) is 8.41. The third-order valence-corrected chi connectivity index (χ3v) is 4.61. The van der Waals surface area contributed by atoms with Crippen molar-refractivity contribution in [1.29, 1.82) is 0 Å². The Morgan fingerprint density at radius 3 is 2.13 bits per heavy atom. The molecule has 7 heteroatoms. The average Bonchev–Trinajstić information content (AvgIpc) is 2.35. The smallest absolute Gasteiger partial charge is 0.407 e. The van der Waals surface area contributed by atoms with E-state index in [4.69, 9.17) is 4.74 Å². The van der Waals surface area contributed by atoms with Crippen molar-refractivity contribution >= 4 is 24.5 Å². The Labute approximate surface area is 136 Å². The fourth-order valence-electron chi connectivity index (χ4n) is 1.91. The first-order valence-electron chi connectivity index (χ1n) is 7.25. The highest BCUT2D eigenvalue weighted by molar-refractivity contribution is 7.70. The Morgan fingerprint density at radius 1 is 1.22 bits per heavy atom. The van der Waals surface area contributed by atoms with Gasteiger partial charge in [0.1, 0.15) is 12.7 Å². The van der Waals surface area contributed by atoms with Crippen molar-refractivity contribution in [2.45, 2.75) is 32.3 Å². The van der Waals surface area contributed by atoms with Gasteiger partial charge < -0.3 is 19.7 Å². The molecule has 0 saturated carbocycles. The van der Waals surface area contributed by atoms with Crippen molar-refractivity contribution in [3.05, 3.63) is 29.8 Å². The lowest BCUT2D eigenvalue weighted by Crippen LogP contribution is -2.36. The molecule has 0 bridgehead atoms. The normalized spacial score (nSPS) is 13.3. The number of hydrogen-bond acceptors (Lipinski definition) is 4. The molecule has 23 heavy (non-hydrogen) atoms. The van der Waals surface area contributed by atoms with Crippen molar-refractivity contribution in [3.63, 3.8) is 0 Å². The highest BCUT2D eigenvalue weighted by Gasteiger charge is 2.23. The van der Waals surface area contributed by atoms with Crippen molar-refractivity contribution in [2.24, 2.45) is 0 Å². The second kappa shape index (κ2) is 7.18. The van der Waals surface area contributed by atoms with Gasteiger partial charge in [0.05, 0.1) is 5.92 Å². The van der Waals surface area contributed by atoms with Gasteiger partial charge in [-0.15, -0.1) is 0 Å². The van der Waals surface area contributed by atoms with Gasteiger partial charge in [-0.05, 0) is 39.7 Å². The third-order valence-electron chi connectivity index (χ3n) is 3.06. The fourth-order valence-corrected chi connectivity index (χ4v) is 2.78. The second-order valence-electron chi connectivity index (χ2n) is 6.72. The van der Waals surface area contributed by atoms with Gasteiger partial charge in [0.2, 0.25) is 0 Å². The predicted octanol–water partition coefficient (Wildman–Crippen LogP) is 2.63. The quantitative estimate of drug-likeness (QED) is 0.803. The van der Waals surface area contributed by atoms with Crippen LogP contribution in [0.2, 0.25) is 0 Å². The molecule has 0 aliphatic carbocycles. The van der Waals surface area contributed by atoms with Crippen molar-refractivity contribution < 1.29 is 24.0 Å². The van der Waals surface area contributed by atoms with Gasteiger partial charge >= 0.3 is 12.1 Å². The largest absolute Gasteiger partial charge is 0.481 e. The van der Waals surface area contributed by atoms with Gasteiger partial charge in [-0.2, -0.15) is 0 Å². The summed E-state index contributed by atoms with van der Waals surface area (Å²) in [7, 11) is -2.38. The number of carbonyl (C=O) groups is 2. The maximum Gasteiger partial charge on any atom is 0.407 e. The minimum absolute atomic E-state index is 0.0838. The van der Waals surface area contributed by atoms with Crippen LogP contribution >= 0.6 is 7.14 Å². The lowest BCUT2D eigenvalue weighted by atomic mass is 9.99. The van der Waals surface area contributed by atoms with Crippen LogP contribution in [0.4, 0.5) is 4.79 Å². The first-order valence-corrected chi connectivity index (χ1v) is 9.85. The number of nitrogens with one attached hydrogen (secondary N) is 1. The molecular weight excluding hydrogens is 317 g/mol. The third kappa shape index (κ3) is 6.45. The van der Waals surface area contributed by atoms with E-state index in [9.17, 15) is 19.3 Å². The van der Waals surface area contributed by atoms with Crippen LogP contribution in [-0.2, 0) is 14.1 Å².